The largest absolute Gasteiger partial charge is 0.465 e. The molecule has 0 radical (unpaired) electrons. The Kier molecular flexibility index (Phi) is 1.56. The van der Waals surface area contributed by atoms with Crippen LogP contribution in [0.25, 0.3) is 0 Å². The highest BCUT2D eigenvalue weighted by atomic mass is 16.4. The summed E-state index contributed by atoms with van der Waals surface area (Å²) in [5.74, 6) is 0.928. The van der Waals surface area contributed by atoms with Gasteiger partial charge in [-0.05, 0) is 11.8 Å². The van der Waals surface area contributed by atoms with Crippen molar-refractivity contribution in [3.8, 4) is 0 Å². The van der Waals surface area contributed by atoms with E-state index in [4.69, 9.17) is 5.11 Å². The molecule has 2 fully saturated rings. The molecule has 0 bridgehead atoms. The molecule has 1 heterocycles. The van der Waals surface area contributed by atoms with Crippen LogP contribution in [0, 0.1) is 11.8 Å². The van der Waals surface area contributed by atoms with Crippen LogP contribution in [0.15, 0.2) is 0 Å². The lowest BCUT2D eigenvalue weighted by molar-refractivity contribution is -0.118. The second kappa shape index (κ2) is 2.47. The fraction of sp³-hybridized carbons (Fsp3) is 0.750. The first-order valence-electron chi connectivity index (χ1n) is 4.16. The van der Waals surface area contributed by atoms with E-state index in [2.05, 4.69) is 0 Å². The maximum absolute atomic E-state index is 11.0. The third-order valence-electron chi connectivity index (χ3n) is 2.83. The molecule has 12 heavy (non-hydrogen) atoms. The van der Waals surface area contributed by atoms with Gasteiger partial charge < -0.3 is 10.0 Å². The Bertz CT molecular complexity index is 222. The lowest BCUT2D eigenvalue weighted by atomic mass is 10.0. The van der Waals surface area contributed by atoms with E-state index < -0.39 is 6.09 Å². The summed E-state index contributed by atoms with van der Waals surface area (Å²) in [6.45, 7) is 1.12. The van der Waals surface area contributed by atoms with E-state index in [9.17, 15) is 9.59 Å². The number of hydrogen-bond donors (Lipinski definition) is 1. The molecule has 0 aromatic rings. The van der Waals surface area contributed by atoms with Crippen LogP contribution in [0.2, 0.25) is 0 Å². The second-order valence-electron chi connectivity index (χ2n) is 3.65. The van der Waals surface area contributed by atoms with Crippen molar-refractivity contribution in [1.29, 1.82) is 0 Å². The third kappa shape index (κ3) is 1.07. The van der Waals surface area contributed by atoms with Gasteiger partial charge >= 0.3 is 6.09 Å². The van der Waals surface area contributed by atoms with Crippen molar-refractivity contribution >= 4 is 11.9 Å². The number of hydrogen-bond acceptors (Lipinski definition) is 2. The second-order valence-corrected chi connectivity index (χ2v) is 3.65. The van der Waals surface area contributed by atoms with Crippen LogP contribution >= 0.6 is 0 Å². The minimum Gasteiger partial charge on any atom is -0.465 e. The van der Waals surface area contributed by atoms with Gasteiger partial charge in [-0.2, -0.15) is 0 Å². The predicted molar refractivity (Wildman–Crippen MR) is 40.8 cm³/mol. The van der Waals surface area contributed by atoms with Gasteiger partial charge in [-0.3, -0.25) is 4.79 Å². The molecule has 4 heteroatoms. The zero-order chi connectivity index (χ0) is 8.72. The van der Waals surface area contributed by atoms with E-state index >= 15 is 0 Å². The molecule has 2 unspecified atom stereocenters. The molecule has 2 atom stereocenters. The van der Waals surface area contributed by atoms with Crippen molar-refractivity contribution in [2.24, 2.45) is 11.8 Å². The number of carboxylic acid groups (broad SMARTS) is 1. The van der Waals surface area contributed by atoms with Crippen LogP contribution in [0.3, 0.4) is 0 Å². The van der Waals surface area contributed by atoms with Crippen molar-refractivity contribution in [3.63, 3.8) is 0 Å². The van der Waals surface area contributed by atoms with Crippen molar-refractivity contribution in [2.75, 3.05) is 13.1 Å². The Morgan fingerprint density at radius 2 is 1.83 bits per heavy atom. The van der Waals surface area contributed by atoms with E-state index in [0.29, 0.717) is 43.6 Å². The number of carbonyl (C=O) groups excluding carboxylic acids is 1. The fourth-order valence-electron chi connectivity index (χ4n) is 2.23. The Labute approximate surface area is 70.2 Å². The number of likely N-dealkylation sites (tertiary alicyclic amines) is 1. The van der Waals surface area contributed by atoms with Gasteiger partial charge in [0.25, 0.3) is 0 Å². The quantitative estimate of drug-likeness (QED) is 0.577. The van der Waals surface area contributed by atoms with Gasteiger partial charge in [0.05, 0.1) is 0 Å². The number of carbonyl (C=O) groups is 2. The van der Waals surface area contributed by atoms with E-state index in [1.165, 1.54) is 4.90 Å². The van der Waals surface area contributed by atoms with Crippen molar-refractivity contribution in [2.45, 2.75) is 12.8 Å². The standard InChI is InChI=1S/C8H11NO3/c10-7-1-5-3-9(8(11)12)4-6(5)2-7/h5-6H,1-4H2,(H,11,12). The van der Waals surface area contributed by atoms with E-state index in [-0.39, 0.29) is 0 Å². The molecule has 2 aliphatic rings. The average Bonchev–Trinajstić information content (AvgIpc) is 2.42. The van der Waals surface area contributed by atoms with Gasteiger partial charge in [-0.25, -0.2) is 4.79 Å². The molecule has 1 saturated heterocycles. The zero-order valence-corrected chi connectivity index (χ0v) is 6.69. The number of amides is 1. The van der Waals surface area contributed by atoms with Crippen molar-refractivity contribution in [1.82, 2.24) is 4.90 Å². The van der Waals surface area contributed by atoms with E-state index in [1.807, 2.05) is 0 Å². The summed E-state index contributed by atoms with van der Waals surface area (Å²) in [5, 5.41) is 8.68. The molecule has 4 nitrogen and oxygen atoms in total. The van der Waals surface area contributed by atoms with Gasteiger partial charge in [0.2, 0.25) is 0 Å². The van der Waals surface area contributed by atoms with Crippen molar-refractivity contribution in [3.05, 3.63) is 0 Å². The smallest absolute Gasteiger partial charge is 0.407 e. The molecule has 66 valence electrons. The molecular formula is C8H11NO3. The summed E-state index contributed by atoms with van der Waals surface area (Å²) in [6, 6.07) is 0. The summed E-state index contributed by atoms with van der Waals surface area (Å²) in [4.78, 5) is 22.9. The topological polar surface area (TPSA) is 57.6 Å². The predicted octanol–water partition coefficient (Wildman–Crippen LogP) is 0.575. The van der Waals surface area contributed by atoms with Crippen molar-refractivity contribution < 1.29 is 14.7 Å². The summed E-state index contributed by atoms with van der Waals surface area (Å²) in [7, 11) is 0. The summed E-state index contributed by atoms with van der Waals surface area (Å²) in [6.07, 6.45) is 0.333. The maximum Gasteiger partial charge on any atom is 0.407 e. The Morgan fingerprint density at radius 3 is 2.25 bits per heavy atom. The van der Waals surface area contributed by atoms with Crippen LogP contribution in [-0.4, -0.2) is 35.0 Å². The zero-order valence-electron chi connectivity index (χ0n) is 6.69. The number of fused-ring (bicyclic) bond motifs is 1. The maximum atomic E-state index is 11.0. The molecule has 0 aromatic carbocycles. The summed E-state index contributed by atoms with van der Waals surface area (Å²) < 4.78 is 0. The van der Waals surface area contributed by atoms with Gasteiger partial charge in [0, 0.05) is 25.9 Å². The first-order valence-corrected chi connectivity index (χ1v) is 4.16. The summed E-state index contributed by atoms with van der Waals surface area (Å²) >= 11 is 0. The first kappa shape index (κ1) is 7.58. The van der Waals surface area contributed by atoms with E-state index in [0.717, 1.165) is 0 Å². The SMILES string of the molecule is O=C1CC2CN(C(=O)O)CC2C1. The van der Waals surface area contributed by atoms with E-state index in [1.54, 1.807) is 0 Å². The Morgan fingerprint density at radius 1 is 1.33 bits per heavy atom. The molecule has 1 aliphatic carbocycles. The normalized spacial score (nSPS) is 34.0. The minimum absolute atomic E-state index is 0.301. The lowest BCUT2D eigenvalue weighted by Gasteiger charge is -2.11. The van der Waals surface area contributed by atoms with Gasteiger partial charge in [-0.1, -0.05) is 0 Å². The lowest BCUT2D eigenvalue weighted by Crippen LogP contribution is -2.28. The fourth-order valence-corrected chi connectivity index (χ4v) is 2.23. The van der Waals surface area contributed by atoms with Gasteiger partial charge in [-0.15, -0.1) is 0 Å². The number of nitrogens with zero attached hydrogens (tertiary/aromatic N) is 1. The first-order chi connectivity index (χ1) is 5.66. The van der Waals surface area contributed by atoms with Crippen LogP contribution in [0.1, 0.15) is 12.8 Å². The molecule has 0 aromatic heterocycles. The monoisotopic (exact) mass is 169 g/mol. The number of Topliss-reactive ketones (excluding diaryl/α,β-unsaturated/α-hetero) is 1. The average molecular weight is 169 g/mol. The van der Waals surface area contributed by atoms with Gasteiger partial charge in [0.1, 0.15) is 5.78 Å². The number of rotatable bonds is 0. The van der Waals surface area contributed by atoms with Crippen LogP contribution in [0.4, 0.5) is 4.79 Å². The highest BCUT2D eigenvalue weighted by Crippen LogP contribution is 2.35. The van der Waals surface area contributed by atoms with Crippen LogP contribution in [0.5, 0.6) is 0 Å². The highest BCUT2D eigenvalue weighted by Gasteiger charge is 2.41. The Hall–Kier alpha value is -1.06. The molecule has 1 aliphatic heterocycles. The number of ketones is 1. The molecule has 1 saturated carbocycles. The Balaban J connectivity index is 2.02. The molecule has 2 rings (SSSR count). The van der Waals surface area contributed by atoms with Gasteiger partial charge in [0.15, 0.2) is 0 Å². The summed E-state index contributed by atoms with van der Waals surface area (Å²) in [5.41, 5.74) is 0. The van der Waals surface area contributed by atoms with Crippen LogP contribution in [-0.2, 0) is 4.79 Å². The molecule has 1 N–H and O–H groups in total. The minimum atomic E-state index is -0.850. The highest BCUT2D eigenvalue weighted by molar-refractivity contribution is 5.81. The third-order valence-corrected chi connectivity index (χ3v) is 2.83. The molecule has 0 spiro atoms. The molecule has 1 amide bonds. The van der Waals surface area contributed by atoms with Crippen LogP contribution < -0.4 is 0 Å². The molecular weight excluding hydrogens is 158 g/mol.